The highest BCUT2D eigenvalue weighted by molar-refractivity contribution is 9.11. The molecule has 0 unspecified atom stereocenters. The van der Waals surface area contributed by atoms with Crippen LogP contribution in [0.2, 0.25) is 5.02 Å². The molecule has 3 aromatic rings. The molecule has 0 bridgehead atoms. The number of carbonyl (C=O) groups is 1. The molecule has 1 aliphatic rings. The molecule has 1 amide bonds. The molecule has 3 aromatic carbocycles. The highest BCUT2D eigenvalue weighted by Gasteiger charge is 2.30. The van der Waals surface area contributed by atoms with Gasteiger partial charge in [0.05, 0.1) is 14.6 Å². The molecule has 30 heavy (non-hydrogen) atoms. The predicted molar refractivity (Wildman–Crippen MR) is 130 cm³/mol. The van der Waals surface area contributed by atoms with Crippen LogP contribution in [0.25, 0.3) is 11.6 Å². The van der Waals surface area contributed by atoms with Crippen LogP contribution in [-0.2, 0) is 11.4 Å². The molecule has 0 radical (unpaired) electrons. The summed E-state index contributed by atoms with van der Waals surface area (Å²) in [6, 6.07) is 19.4. The summed E-state index contributed by atoms with van der Waals surface area (Å²) in [5.74, 6) is 0.731. The Morgan fingerprint density at radius 3 is 2.37 bits per heavy atom. The molecule has 0 N–H and O–H groups in total. The van der Waals surface area contributed by atoms with Gasteiger partial charge in [0.2, 0.25) is 0 Å². The van der Waals surface area contributed by atoms with Crippen LogP contribution in [0.5, 0.6) is 5.75 Å². The van der Waals surface area contributed by atoms with Gasteiger partial charge < -0.3 is 9.64 Å². The lowest BCUT2D eigenvalue weighted by Crippen LogP contribution is -2.25. The molecular formula is C24H18Br2ClNO2. The largest absolute Gasteiger partial charge is 0.487 e. The van der Waals surface area contributed by atoms with Gasteiger partial charge in [0, 0.05) is 22.7 Å². The van der Waals surface area contributed by atoms with Crippen molar-refractivity contribution in [2.45, 2.75) is 13.5 Å². The highest BCUT2D eigenvalue weighted by Crippen LogP contribution is 2.40. The number of para-hydroxylation sites is 1. The molecule has 6 heteroatoms. The van der Waals surface area contributed by atoms with Crippen LogP contribution < -0.4 is 9.64 Å². The van der Waals surface area contributed by atoms with E-state index in [4.69, 9.17) is 16.3 Å². The maximum Gasteiger partial charge on any atom is 0.258 e. The second kappa shape index (κ2) is 8.96. The smallest absolute Gasteiger partial charge is 0.258 e. The number of benzene rings is 3. The van der Waals surface area contributed by atoms with Gasteiger partial charge in [-0.3, -0.25) is 4.79 Å². The van der Waals surface area contributed by atoms with E-state index in [-0.39, 0.29) is 5.91 Å². The average molecular weight is 548 g/mol. The number of amides is 1. The number of ether oxygens (including phenoxy) is 1. The van der Waals surface area contributed by atoms with Gasteiger partial charge in [0.1, 0.15) is 12.4 Å². The van der Waals surface area contributed by atoms with Crippen molar-refractivity contribution in [3.05, 3.63) is 91.3 Å². The van der Waals surface area contributed by atoms with Gasteiger partial charge in [-0.15, -0.1) is 0 Å². The van der Waals surface area contributed by atoms with Crippen molar-refractivity contribution >= 4 is 66.7 Å². The number of nitrogens with zero attached hydrogens (tertiary/aromatic N) is 1. The molecule has 0 aliphatic carbocycles. The summed E-state index contributed by atoms with van der Waals surface area (Å²) < 4.78 is 7.62. The molecule has 0 spiro atoms. The number of fused-ring (bicyclic) bond motifs is 1. The zero-order valence-corrected chi connectivity index (χ0v) is 20.1. The van der Waals surface area contributed by atoms with Crippen LogP contribution in [0.3, 0.4) is 0 Å². The van der Waals surface area contributed by atoms with Gasteiger partial charge in [-0.25, -0.2) is 0 Å². The zero-order chi connectivity index (χ0) is 21.3. The zero-order valence-electron chi connectivity index (χ0n) is 16.2. The Hall–Kier alpha value is -2.08. The van der Waals surface area contributed by atoms with Gasteiger partial charge in [-0.05, 0) is 86.3 Å². The molecule has 0 saturated carbocycles. The standard InChI is InChI=1S/C24H18Br2ClNO2/c1-2-28-22-6-4-3-5-18(22)19(24(28)29)11-16-12-20(25)23(21(26)13-16)30-14-15-7-9-17(27)10-8-15/h3-13H,2,14H2,1H3/b19-11-. The lowest BCUT2D eigenvalue weighted by molar-refractivity contribution is -0.112. The van der Waals surface area contributed by atoms with E-state index < -0.39 is 0 Å². The first kappa shape index (κ1) is 21.2. The van der Waals surface area contributed by atoms with Gasteiger partial charge >= 0.3 is 0 Å². The Labute approximate surface area is 197 Å². The molecule has 0 atom stereocenters. The first-order valence-corrected chi connectivity index (χ1v) is 11.4. The fraction of sp³-hybridized carbons (Fsp3) is 0.125. The van der Waals surface area contributed by atoms with Crippen LogP contribution in [0.1, 0.15) is 23.6 Å². The number of anilines is 1. The van der Waals surface area contributed by atoms with Gasteiger partial charge in [0.15, 0.2) is 0 Å². The monoisotopic (exact) mass is 545 g/mol. The lowest BCUT2D eigenvalue weighted by atomic mass is 10.0. The minimum atomic E-state index is 0.0222. The molecule has 0 fully saturated rings. The summed E-state index contributed by atoms with van der Waals surface area (Å²) in [6.45, 7) is 3.04. The Morgan fingerprint density at radius 2 is 1.70 bits per heavy atom. The molecule has 0 aromatic heterocycles. The second-order valence-electron chi connectivity index (χ2n) is 6.85. The van der Waals surface area contributed by atoms with Gasteiger partial charge in [-0.1, -0.05) is 41.9 Å². The van der Waals surface area contributed by atoms with Crippen LogP contribution in [0, 0.1) is 0 Å². The van der Waals surface area contributed by atoms with Crippen molar-refractivity contribution in [2.75, 3.05) is 11.4 Å². The van der Waals surface area contributed by atoms with Crippen LogP contribution >= 0.6 is 43.5 Å². The SMILES string of the molecule is CCN1C(=O)/C(=C\c2cc(Br)c(OCc3ccc(Cl)cc3)c(Br)c2)c2ccccc21. The summed E-state index contributed by atoms with van der Waals surface area (Å²) >= 11 is 13.1. The fourth-order valence-corrected chi connectivity index (χ4v) is 5.04. The normalized spacial score (nSPS) is 14.3. The molecular weight excluding hydrogens is 530 g/mol. The van der Waals surface area contributed by atoms with Crippen LogP contribution in [-0.4, -0.2) is 12.5 Å². The van der Waals surface area contributed by atoms with Crippen molar-refractivity contribution in [1.29, 1.82) is 0 Å². The Balaban J connectivity index is 1.62. The van der Waals surface area contributed by atoms with E-state index in [0.29, 0.717) is 29.5 Å². The first-order chi connectivity index (χ1) is 14.5. The van der Waals surface area contributed by atoms with E-state index in [1.807, 2.05) is 73.7 Å². The third-order valence-corrected chi connectivity index (χ3v) is 6.33. The predicted octanol–water partition coefficient (Wildman–Crippen LogP) is 7.35. The highest BCUT2D eigenvalue weighted by atomic mass is 79.9. The maximum absolute atomic E-state index is 12.9. The van der Waals surface area contributed by atoms with Gasteiger partial charge in [-0.2, -0.15) is 0 Å². The van der Waals surface area contributed by atoms with E-state index >= 15 is 0 Å². The summed E-state index contributed by atoms with van der Waals surface area (Å²) in [5.41, 5.74) is 4.54. The van der Waals surface area contributed by atoms with E-state index in [1.54, 1.807) is 4.90 Å². The number of carbonyl (C=O) groups excluding carboxylic acids is 1. The molecule has 1 aliphatic heterocycles. The number of halogens is 3. The second-order valence-corrected chi connectivity index (χ2v) is 9.00. The topological polar surface area (TPSA) is 29.5 Å². The Bertz CT molecular complexity index is 1120. The number of hydrogen-bond donors (Lipinski definition) is 0. The van der Waals surface area contributed by atoms with Crippen molar-refractivity contribution < 1.29 is 9.53 Å². The Kier molecular flexibility index (Phi) is 6.32. The number of hydrogen-bond acceptors (Lipinski definition) is 2. The average Bonchev–Trinajstić information content (AvgIpc) is 3.00. The molecule has 152 valence electrons. The Morgan fingerprint density at radius 1 is 1.03 bits per heavy atom. The van der Waals surface area contributed by atoms with Gasteiger partial charge in [0.25, 0.3) is 5.91 Å². The molecule has 1 heterocycles. The minimum absolute atomic E-state index is 0.0222. The lowest BCUT2D eigenvalue weighted by Gasteiger charge is -2.13. The first-order valence-electron chi connectivity index (χ1n) is 9.47. The van der Waals surface area contributed by atoms with Crippen molar-refractivity contribution in [1.82, 2.24) is 0 Å². The van der Waals surface area contributed by atoms with E-state index in [9.17, 15) is 4.79 Å². The molecule has 4 rings (SSSR count). The fourth-order valence-electron chi connectivity index (χ4n) is 3.46. The van der Waals surface area contributed by atoms with E-state index in [0.717, 1.165) is 31.3 Å². The summed E-state index contributed by atoms with van der Waals surface area (Å²) in [7, 11) is 0. The van der Waals surface area contributed by atoms with Crippen LogP contribution in [0.15, 0.2) is 69.6 Å². The quantitative estimate of drug-likeness (QED) is 0.313. The van der Waals surface area contributed by atoms with Crippen LogP contribution in [0.4, 0.5) is 5.69 Å². The minimum Gasteiger partial charge on any atom is -0.487 e. The third kappa shape index (κ3) is 4.20. The summed E-state index contributed by atoms with van der Waals surface area (Å²) in [4.78, 5) is 14.7. The summed E-state index contributed by atoms with van der Waals surface area (Å²) in [5, 5.41) is 0.697. The third-order valence-electron chi connectivity index (χ3n) is 4.90. The summed E-state index contributed by atoms with van der Waals surface area (Å²) in [6.07, 6.45) is 1.93. The van der Waals surface area contributed by atoms with Crippen molar-refractivity contribution in [3.63, 3.8) is 0 Å². The van der Waals surface area contributed by atoms with Crippen molar-refractivity contribution in [2.24, 2.45) is 0 Å². The molecule has 0 saturated heterocycles. The van der Waals surface area contributed by atoms with Crippen molar-refractivity contribution in [3.8, 4) is 5.75 Å². The molecule has 3 nitrogen and oxygen atoms in total. The van der Waals surface area contributed by atoms with E-state index in [1.165, 1.54) is 0 Å². The van der Waals surface area contributed by atoms with E-state index in [2.05, 4.69) is 31.9 Å². The number of rotatable bonds is 5. The number of likely N-dealkylation sites (N-methyl/N-ethyl adjacent to an activating group) is 1. The maximum atomic E-state index is 12.9.